The van der Waals surface area contributed by atoms with Gasteiger partial charge in [-0.1, -0.05) is 22.0 Å². The molecule has 1 atom stereocenters. The molecule has 0 spiro atoms. The van der Waals surface area contributed by atoms with Crippen molar-refractivity contribution < 1.29 is 27.4 Å². The zero-order valence-corrected chi connectivity index (χ0v) is 17.1. The van der Waals surface area contributed by atoms with E-state index in [1.165, 1.54) is 35.0 Å². The van der Waals surface area contributed by atoms with Gasteiger partial charge in [0.1, 0.15) is 5.75 Å². The van der Waals surface area contributed by atoms with Crippen molar-refractivity contribution in [2.24, 2.45) is 0 Å². The van der Waals surface area contributed by atoms with E-state index in [2.05, 4.69) is 26.0 Å². The van der Waals surface area contributed by atoms with Crippen LogP contribution in [-0.4, -0.2) is 36.5 Å². The minimum absolute atomic E-state index is 0.0878. The lowest BCUT2D eigenvalue weighted by Crippen LogP contribution is -2.27. The van der Waals surface area contributed by atoms with Crippen molar-refractivity contribution in [1.29, 1.82) is 0 Å². The standard InChI is InChI=1S/C19H20BrF3N2O4/c1-2-28-8-7-25-11-13(4-6-16(25)26)19(27)24-10-12-3-5-14(20)9-15(12)29-18(23)17(21)22/h3-6,9,11,17-18H,2,7-8,10H2,1H3,(H,24,27). The summed E-state index contributed by atoms with van der Waals surface area (Å²) in [6, 6.07) is 7.11. The fourth-order valence-electron chi connectivity index (χ4n) is 2.38. The highest BCUT2D eigenvalue weighted by atomic mass is 79.9. The van der Waals surface area contributed by atoms with Crippen molar-refractivity contribution in [2.75, 3.05) is 13.2 Å². The molecule has 10 heteroatoms. The van der Waals surface area contributed by atoms with Crippen LogP contribution in [0.4, 0.5) is 13.2 Å². The van der Waals surface area contributed by atoms with Crippen LogP contribution in [0.3, 0.4) is 0 Å². The van der Waals surface area contributed by atoms with Crippen LogP contribution in [0.1, 0.15) is 22.8 Å². The number of hydrogen-bond acceptors (Lipinski definition) is 4. The van der Waals surface area contributed by atoms with Crippen LogP contribution in [0.25, 0.3) is 0 Å². The van der Waals surface area contributed by atoms with E-state index >= 15 is 0 Å². The number of carbonyl (C=O) groups is 1. The molecule has 0 saturated heterocycles. The predicted octanol–water partition coefficient (Wildman–Crippen LogP) is 3.52. The molecule has 0 aliphatic rings. The smallest absolute Gasteiger partial charge is 0.304 e. The molecule has 1 N–H and O–H groups in total. The number of halogens is 4. The number of benzene rings is 1. The average Bonchev–Trinajstić information content (AvgIpc) is 2.68. The number of alkyl halides is 3. The summed E-state index contributed by atoms with van der Waals surface area (Å²) < 4.78 is 49.9. The Morgan fingerprint density at radius 2 is 2.00 bits per heavy atom. The van der Waals surface area contributed by atoms with Crippen molar-refractivity contribution in [3.05, 3.63) is 62.5 Å². The fraction of sp³-hybridized carbons (Fsp3) is 0.368. The molecule has 158 valence electrons. The first kappa shape index (κ1) is 23.0. The van der Waals surface area contributed by atoms with E-state index in [4.69, 9.17) is 4.74 Å². The molecule has 0 aliphatic heterocycles. The number of rotatable bonds is 10. The van der Waals surface area contributed by atoms with Gasteiger partial charge < -0.3 is 19.4 Å². The SMILES string of the molecule is CCOCCn1cc(C(=O)NCc2ccc(Br)cc2OC(F)C(F)F)ccc1=O. The second-order valence-corrected chi connectivity index (χ2v) is 6.80. The van der Waals surface area contributed by atoms with Gasteiger partial charge in [0.25, 0.3) is 17.8 Å². The minimum Gasteiger partial charge on any atom is -0.454 e. The summed E-state index contributed by atoms with van der Waals surface area (Å²) in [7, 11) is 0. The summed E-state index contributed by atoms with van der Waals surface area (Å²) in [5, 5.41) is 2.60. The molecule has 0 fully saturated rings. The largest absolute Gasteiger partial charge is 0.454 e. The summed E-state index contributed by atoms with van der Waals surface area (Å²) in [4.78, 5) is 24.3. The highest BCUT2D eigenvalue weighted by Crippen LogP contribution is 2.26. The number of amides is 1. The Kier molecular flexibility index (Phi) is 8.71. The van der Waals surface area contributed by atoms with Gasteiger partial charge in [0.2, 0.25) is 0 Å². The Labute approximate surface area is 173 Å². The highest BCUT2D eigenvalue weighted by Gasteiger charge is 2.22. The van der Waals surface area contributed by atoms with Gasteiger partial charge >= 0.3 is 6.43 Å². The normalized spacial score (nSPS) is 12.1. The number of ether oxygens (including phenoxy) is 2. The van der Waals surface area contributed by atoms with Crippen LogP contribution in [-0.2, 0) is 17.8 Å². The van der Waals surface area contributed by atoms with E-state index in [1.54, 1.807) is 6.07 Å². The van der Waals surface area contributed by atoms with Gasteiger partial charge in [-0.25, -0.2) is 8.78 Å². The van der Waals surface area contributed by atoms with E-state index in [-0.39, 0.29) is 23.4 Å². The zero-order valence-electron chi connectivity index (χ0n) is 15.5. The maximum Gasteiger partial charge on any atom is 0.304 e. The Hall–Kier alpha value is -2.33. The maximum absolute atomic E-state index is 13.3. The van der Waals surface area contributed by atoms with Gasteiger partial charge in [-0.3, -0.25) is 9.59 Å². The lowest BCUT2D eigenvalue weighted by atomic mass is 10.2. The van der Waals surface area contributed by atoms with Crippen LogP contribution in [0.2, 0.25) is 0 Å². The molecule has 29 heavy (non-hydrogen) atoms. The minimum atomic E-state index is -3.30. The first-order valence-electron chi connectivity index (χ1n) is 8.75. The number of hydrogen-bond donors (Lipinski definition) is 1. The van der Waals surface area contributed by atoms with Gasteiger partial charge in [0.15, 0.2) is 0 Å². The summed E-state index contributed by atoms with van der Waals surface area (Å²) in [6.45, 7) is 2.88. The molecule has 6 nitrogen and oxygen atoms in total. The molecular weight excluding hydrogens is 457 g/mol. The van der Waals surface area contributed by atoms with E-state index in [1.807, 2.05) is 6.92 Å². The summed E-state index contributed by atoms with van der Waals surface area (Å²) in [5.74, 6) is -0.608. The van der Waals surface area contributed by atoms with Crippen LogP contribution in [0.5, 0.6) is 5.75 Å². The quantitative estimate of drug-likeness (QED) is 0.532. The Morgan fingerprint density at radius 1 is 1.24 bits per heavy atom. The average molecular weight is 477 g/mol. The third-order valence-electron chi connectivity index (χ3n) is 3.83. The fourth-order valence-corrected chi connectivity index (χ4v) is 2.72. The summed E-state index contributed by atoms with van der Waals surface area (Å²) in [6.07, 6.45) is -4.67. The van der Waals surface area contributed by atoms with Crippen LogP contribution >= 0.6 is 15.9 Å². The van der Waals surface area contributed by atoms with Crippen LogP contribution in [0.15, 0.2) is 45.8 Å². The molecule has 1 aromatic carbocycles. The van der Waals surface area contributed by atoms with E-state index in [0.717, 1.165) is 0 Å². The van der Waals surface area contributed by atoms with Crippen molar-refractivity contribution >= 4 is 21.8 Å². The number of nitrogens with one attached hydrogen (secondary N) is 1. The van der Waals surface area contributed by atoms with Gasteiger partial charge in [0.05, 0.1) is 12.2 Å². The molecule has 0 saturated carbocycles. The van der Waals surface area contributed by atoms with Gasteiger partial charge in [0, 0.05) is 42.0 Å². The topological polar surface area (TPSA) is 69.6 Å². The third kappa shape index (κ3) is 6.90. The van der Waals surface area contributed by atoms with Gasteiger partial charge in [-0.2, -0.15) is 4.39 Å². The highest BCUT2D eigenvalue weighted by molar-refractivity contribution is 9.10. The van der Waals surface area contributed by atoms with E-state index < -0.39 is 18.7 Å². The molecule has 1 heterocycles. The summed E-state index contributed by atoms with van der Waals surface area (Å²) >= 11 is 3.16. The predicted molar refractivity (Wildman–Crippen MR) is 104 cm³/mol. The third-order valence-corrected chi connectivity index (χ3v) is 4.33. The second-order valence-electron chi connectivity index (χ2n) is 5.88. The molecule has 2 rings (SSSR count). The Bertz CT molecular complexity index is 892. The lowest BCUT2D eigenvalue weighted by Gasteiger charge is -2.15. The van der Waals surface area contributed by atoms with Crippen molar-refractivity contribution in [2.45, 2.75) is 32.8 Å². The number of nitrogens with zero attached hydrogens (tertiary/aromatic N) is 1. The molecule has 2 aromatic rings. The maximum atomic E-state index is 13.3. The number of pyridine rings is 1. The Balaban J connectivity index is 2.09. The van der Waals surface area contributed by atoms with Crippen molar-refractivity contribution in [3.8, 4) is 5.75 Å². The van der Waals surface area contributed by atoms with E-state index in [9.17, 15) is 22.8 Å². The monoisotopic (exact) mass is 476 g/mol. The lowest BCUT2D eigenvalue weighted by molar-refractivity contribution is -0.0673. The van der Waals surface area contributed by atoms with Crippen molar-refractivity contribution in [3.63, 3.8) is 0 Å². The molecule has 1 amide bonds. The summed E-state index contributed by atoms with van der Waals surface area (Å²) in [5.41, 5.74) is 0.275. The van der Waals surface area contributed by atoms with Crippen LogP contribution < -0.4 is 15.6 Å². The van der Waals surface area contributed by atoms with E-state index in [0.29, 0.717) is 29.8 Å². The number of carbonyl (C=O) groups excluding carboxylic acids is 1. The second kappa shape index (κ2) is 11.0. The van der Waals surface area contributed by atoms with Crippen molar-refractivity contribution in [1.82, 2.24) is 9.88 Å². The molecular formula is C19H20BrF3N2O4. The van der Waals surface area contributed by atoms with Gasteiger partial charge in [-0.15, -0.1) is 0 Å². The molecule has 1 unspecified atom stereocenters. The van der Waals surface area contributed by atoms with Crippen LogP contribution in [0, 0.1) is 0 Å². The zero-order chi connectivity index (χ0) is 21.4. The molecule has 0 bridgehead atoms. The first-order chi connectivity index (χ1) is 13.8. The Morgan fingerprint density at radius 3 is 2.69 bits per heavy atom. The molecule has 0 radical (unpaired) electrons. The van der Waals surface area contributed by atoms with Gasteiger partial charge in [-0.05, 0) is 25.1 Å². The molecule has 1 aromatic heterocycles. The molecule has 0 aliphatic carbocycles. The first-order valence-corrected chi connectivity index (χ1v) is 9.55. The number of aromatic nitrogens is 1.